The number of nitrogens with one attached hydrogen (secondary N) is 2. The Bertz CT molecular complexity index is 884. The minimum atomic E-state index is -0.0453. The van der Waals surface area contributed by atoms with Crippen LogP contribution in [0.3, 0.4) is 0 Å². The fourth-order valence-electron chi connectivity index (χ4n) is 2.80. The number of hydrogen-bond donors (Lipinski definition) is 2. The number of rotatable bonds is 5. The largest absolute Gasteiger partial charge is 0.355 e. The molecule has 2 N–H and O–H groups in total. The molecule has 1 amide bonds. The van der Waals surface area contributed by atoms with Gasteiger partial charge in [-0.2, -0.15) is 5.10 Å². The Labute approximate surface area is 147 Å². The number of amides is 1. The van der Waals surface area contributed by atoms with Crippen LogP contribution < -0.4 is 10.6 Å². The maximum absolute atomic E-state index is 12.4. The van der Waals surface area contributed by atoms with E-state index in [0.717, 1.165) is 34.0 Å². The van der Waals surface area contributed by atoms with Gasteiger partial charge >= 0.3 is 0 Å². The SMILES string of the molecule is Cc1nn(C)c(C)c1CC(=O)Nc1cccc(Nc2ccccc2)c1. The summed E-state index contributed by atoms with van der Waals surface area (Å²) < 4.78 is 1.81. The lowest BCUT2D eigenvalue weighted by atomic mass is 10.1. The molecule has 0 fully saturated rings. The van der Waals surface area contributed by atoms with E-state index in [0.29, 0.717) is 6.42 Å². The van der Waals surface area contributed by atoms with Gasteiger partial charge in [0.2, 0.25) is 5.91 Å². The topological polar surface area (TPSA) is 59.0 Å². The second kappa shape index (κ2) is 7.21. The molecule has 5 nitrogen and oxygen atoms in total. The van der Waals surface area contributed by atoms with E-state index < -0.39 is 0 Å². The van der Waals surface area contributed by atoms with Gasteiger partial charge in [0.15, 0.2) is 0 Å². The van der Waals surface area contributed by atoms with Gasteiger partial charge in [-0.3, -0.25) is 9.48 Å². The van der Waals surface area contributed by atoms with Crippen molar-refractivity contribution in [1.82, 2.24) is 9.78 Å². The van der Waals surface area contributed by atoms with E-state index in [4.69, 9.17) is 0 Å². The van der Waals surface area contributed by atoms with E-state index in [-0.39, 0.29) is 5.91 Å². The zero-order valence-corrected chi connectivity index (χ0v) is 14.7. The highest BCUT2D eigenvalue weighted by atomic mass is 16.1. The highest BCUT2D eigenvalue weighted by molar-refractivity contribution is 5.93. The Hall–Kier alpha value is -3.08. The third-order valence-corrected chi connectivity index (χ3v) is 4.21. The predicted octanol–water partition coefficient (Wildman–Crippen LogP) is 3.96. The molecular weight excluding hydrogens is 312 g/mol. The summed E-state index contributed by atoms with van der Waals surface area (Å²) in [4.78, 5) is 12.4. The molecule has 0 unspecified atom stereocenters. The van der Waals surface area contributed by atoms with Crippen LogP contribution in [0.2, 0.25) is 0 Å². The average molecular weight is 334 g/mol. The van der Waals surface area contributed by atoms with E-state index in [1.807, 2.05) is 80.2 Å². The third-order valence-electron chi connectivity index (χ3n) is 4.21. The fraction of sp³-hybridized carbons (Fsp3) is 0.200. The van der Waals surface area contributed by atoms with Crippen LogP contribution in [0.25, 0.3) is 0 Å². The van der Waals surface area contributed by atoms with Crippen molar-refractivity contribution in [3.63, 3.8) is 0 Å². The van der Waals surface area contributed by atoms with Crippen molar-refractivity contribution < 1.29 is 4.79 Å². The quantitative estimate of drug-likeness (QED) is 0.742. The van der Waals surface area contributed by atoms with E-state index in [9.17, 15) is 4.79 Å². The van der Waals surface area contributed by atoms with Crippen molar-refractivity contribution in [3.8, 4) is 0 Å². The molecule has 0 saturated carbocycles. The maximum atomic E-state index is 12.4. The van der Waals surface area contributed by atoms with Gasteiger partial charge in [0.1, 0.15) is 0 Å². The molecule has 0 aliphatic heterocycles. The lowest BCUT2D eigenvalue weighted by molar-refractivity contribution is -0.115. The molecule has 0 spiro atoms. The first kappa shape index (κ1) is 16.8. The molecule has 0 saturated heterocycles. The number of para-hydroxylation sites is 1. The van der Waals surface area contributed by atoms with Crippen molar-refractivity contribution in [2.75, 3.05) is 10.6 Å². The summed E-state index contributed by atoms with van der Waals surface area (Å²) in [6.07, 6.45) is 0.321. The normalized spacial score (nSPS) is 10.5. The molecule has 2 aromatic carbocycles. The predicted molar refractivity (Wildman–Crippen MR) is 101 cm³/mol. The summed E-state index contributed by atoms with van der Waals surface area (Å²) in [5.74, 6) is -0.0453. The Kier molecular flexibility index (Phi) is 4.84. The van der Waals surface area contributed by atoms with Crippen LogP contribution in [0.15, 0.2) is 54.6 Å². The van der Waals surface area contributed by atoms with Crippen LogP contribution >= 0.6 is 0 Å². The van der Waals surface area contributed by atoms with E-state index in [1.54, 1.807) is 0 Å². The molecule has 0 aliphatic rings. The number of hydrogen-bond acceptors (Lipinski definition) is 3. The summed E-state index contributed by atoms with van der Waals surface area (Å²) in [5.41, 5.74) is 5.61. The first-order valence-corrected chi connectivity index (χ1v) is 8.24. The Morgan fingerprint density at radius 1 is 1.00 bits per heavy atom. The van der Waals surface area contributed by atoms with Crippen LogP contribution in [0.4, 0.5) is 17.1 Å². The number of aryl methyl sites for hydroxylation is 2. The van der Waals surface area contributed by atoms with Crippen molar-refractivity contribution in [1.29, 1.82) is 0 Å². The molecule has 128 valence electrons. The van der Waals surface area contributed by atoms with Gasteiger partial charge in [0.25, 0.3) is 0 Å². The van der Waals surface area contributed by atoms with Crippen molar-refractivity contribution >= 4 is 23.0 Å². The lowest BCUT2D eigenvalue weighted by Gasteiger charge is -2.10. The number of anilines is 3. The van der Waals surface area contributed by atoms with Crippen molar-refractivity contribution in [2.45, 2.75) is 20.3 Å². The summed E-state index contributed by atoms with van der Waals surface area (Å²) in [5, 5.41) is 10.6. The number of carbonyl (C=O) groups excluding carboxylic acids is 1. The number of carbonyl (C=O) groups is 1. The highest BCUT2D eigenvalue weighted by Crippen LogP contribution is 2.20. The molecule has 0 atom stereocenters. The van der Waals surface area contributed by atoms with Gasteiger partial charge < -0.3 is 10.6 Å². The van der Waals surface area contributed by atoms with E-state index in [2.05, 4.69) is 15.7 Å². The zero-order valence-electron chi connectivity index (χ0n) is 14.7. The fourth-order valence-corrected chi connectivity index (χ4v) is 2.80. The van der Waals surface area contributed by atoms with Crippen LogP contribution in [0.5, 0.6) is 0 Å². The Balaban J connectivity index is 1.68. The van der Waals surface area contributed by atoms with Crippen LogP contribution in [-0.2, 0) is 18.3 Å². The van der Waals surface area contributed by atoms with Crippen molar-refractivity contribution in [3.05, 3.63) is 71.5 Å². The van der Waals surface area contributed by atoms with Gasteiger partial charge in [0.05, 0.1) is 12.1 Å². The molecule has 0 aliphatic carbocycles. The van der Waals surface area contributed by atoms with Gasteiger partial charge in [-0.1, -0.05) is 24.3 Å². The van der Waals surface area contributed by atoms with Crippen LogP contribution in [0.1, 0.15) is 17.0 Å². The monoisotopic (exact) mass is 334 g/mol. The summed E-state index contributed by atoms with van der Waals surface area (Å²) in [6.45, 7) is 3.91. The second-order valence-electron chi connectivity index (χ2n) is 6.07. The van der Waals surface area contributed by atoms with E-state index >= 15 is 0 Å². The molecule has 3 aromatic rings. The minimum absolute atomic E-state index is 0.0453. The summed E-state index contributed by atoms with van der Waals surface area (Å²) in [7, 11) is 1.89. The second-order valence-corrected chi connectivity index (χ2v) is 6.07. The average Bonchev–Trinajstić information content (AvgIpc) is 2.82. The molecule has 0 radical (unpaired) electrons. The molecule has 0 bridgehead atoms. The summed E-state index contributed by atoms with van der Waals surface area (Å²) >= 11 is 0. The third kappa shape index (κ3) is 4.07. The molecular formula is C20H22N4O. The minimum Gasteiger partial charge on any atom is -0.355 e. The van der Waals surface area contributed by atoms with Gasteiger partial charge in [-0.15, -0.1) is 0 Å². The Morgan fingerprint density at radius 3 is 2.36 bits per heavy atom. The molecule has 1 heterocycles. The van der Waals surface area contributed by atoms with Gasteiger partial charge in [-0.25, -0.2) is 0 Å². The molecule has 1 aromatic heterocycles. The smallest absolute Gasteiger partial charge is 0.228 e. The number of nitrogens with zero attached hydrogens (tertiary/aromatic N) is 2. The molecule has 25 heavy (non-hydrogen) atoms. The van der Waals surface area contributed by atoms with Crippen molar-refractivity contribution in [2.24, 2.45) is 7.05 Å². The van der Waals surface area contributed by atoms with Crippen LogP contribution in [0, 0.1) is 13.8 Å². The Morgan fingerprint density at radius 2 is 1.68 bits per heavy atom. The first-order valence-electron chi connectivity index (χ1n) is 8.24. The highest BCUT2D eigenvalue weighted by Gasteiger charge is 2.13. The molecule has 5 heteroatoms. The standard InChI is InChI=1S/C20H22N4O/c1-14-19(15(2)24(3)23-14)13-20(25)22-18-11-7-10-17(12-18)21-16-8-5-4-6-9-16/h4-12,21H,13H2,1-3H3,(H,22,25). The van der Waals surface area contributed by atoms with Crippen LogP contribution in [-0.4, -0.2) is 15.7 Å². The van der Waals surface area contributed by atoms with Gasteiger partial charge in [-0.05, 0) is 44.2 Å². The van der Waals surface area contributed by atoms with E-state index in [1.165, 1.54) is 0 Å². The first-order chi connectivity index (χ1) is 12.0. The molecule has 3 rings (SSSR count). The number of benzene rings is 2. The zero-order chi connectivity index (χ0) is 17.8. The van der Waals surface area contributed by atoms with Gasteiger partial charge in [0, 0.05) is 35.4 Å². The summed E-state index contributed by atoms with van der Waals surface area (Å²) in [6, 6.07) is 17.6. The maximum Gasteiger partial charge on any atom is 0.228 e. The number of aromatic nitrogens is 2. The lowest BCUT2D eigenvalue weighted by Crippen LogP contribution is -2.15.